The average molecular weight is 315 g/mol. The van der Waals surface area contributed by atoms with E-state index in [9.17, 15) is 8.78 Å². The van der Waals surface area contributed by atoms with Crippen LogP contribution >= 0.6 is 8.58 Å². The fourth-order valence-electron chi connectivity index (χ4n) is 1.99. The Kier molecular flexibility index (Phi) is 5.35. The number of hydrogen-bond acceptors (Lipinski definition) is 1. The number of benzene rings is 1. The first-order valence-electron chi connectivity index (χ1n) is 6.71. The summed E-state index contributed by atoms with van der Waals surface area (Å²) >= 11 is 0. The van der Waals surface area contributed by atoms with Crippen molar-refractivity contribution in [2.75, 3.05) is 0 Å². The smallest absolute Gasteiger partial charge is 0.149 e. The molecule has 0 saturated heterocycles. The Morgan fingerprint density at radius 1 is 1.18 bits per heavy atom. The summed E-state index contributed by atoms with van der Waals surface area (Å²) in [5.41, 5.74) is 0.838. The van der Waals surface area contributed by atoms with E-state index in [0.29, 0.717) is 5.56 Å². The third kappa shape index (κ3) is 3.75. The van der Waals surface area contributed by atoms with Crippen molar-refractivity contribution in [2.24, 2.45) is 0 Å². The Morgan fingerprint density at radius 3 is 2.59 bits per heavy atom. The number of halogens is 2. The minimum Gasteiger partial charge on any atom is -0.253 e. The number of nitrogens with zero attached hydrogens (tertiary/aromatic N) is 1. The molecule has 0 radical (unpaired) electrons. The summed E-state index contributed by atoms with van der Waals surface area (Å²) in [6.45, 7) is 9.80. The summed E-state index contributed by atoms with van der Waals surface area (Å²) in [6, 6.07) is 7.36. The third-order valence-corrected chi connectivity index (χ3v) is 4.09. The molecule has 1 unspecified atom stereocenters. The van der Waals surface area contributed by atoms with Crippen LogP contribution in [0.25, 0.3) is 16.6 Å². The lowest BCUT2D eigenvalue weighted by atomic mass is 10.1. The summed E-state index contributed by atoms with van der Waals surface area (Å²) in [4.78, 5) is 3.90. The molecule has 1 aromatic heterocycles. The van der Waals surface area contributed by atoms with Crippen LogP contribution < -0.4 is 0 Å². The number of pyridine rings is 1. The zero-order valence-corrected chi connectivity index (χ0v) is 13.2. The van der Waals surface area contributed by atoms with Crippen molar-refractivity contribution in [1.29, 1.82) is 0 Å². The number of rotatable bonds is 5. The molecule has 0 fully saturated rings. The molecule has 0 aliphatic heterocycles. The maximum Gasteiger partial charge on any atom is 0.149 e. The molecule has 4 heteroatoms. The Morgan fingerprint density at radius 2 is 1.95 bits per heavy atom. The minimum absolute atomic E-state index is 0.0120. The molecular formula is C18H16F2NP. The number of hydrogen-bond donors (Lipinski definition) is 0. The van der Waals surface area contributed by atoms with Crippen LogP contribution in [0.5, 0.6) is 0 Å². The van der Waals surface area contributed by atoms with Crippen molar-refractivity contribution >= 4 is 13.9 Å². The largest absolute Gasteiger partial charge is 0.253 e. The lowest BCUT2D eigenvalue weighted by Gasteiger charge is -2.09. The zero-order chi connectivity index (χ0) is 16.1. The van der Waals surface area contributed by atoms with Gasteiger partial charge < -0.3 is 0 Å². The van der Waals surface area contributed by atoms with Crippen molar-refractivity contribution in [3.8, 4) is 11.3 Å². The van der Waals surface area contributed by atoms with Crippen LogP contribution in [0.2, 0.25) is 0 Å². The Hall–Kier alpha value is -2.12. The first-order chi connectivity index (χ1) is 10.5. The summed E-state index contributed by atoms with van der Waals surface area (Å²) in [5, 5.41) is 1.71. The van der Waals surface area contributed by atoms with Crippen LogP contribution in [-0.4, -0.2) is 4.98 Å². The fraction of sp³-hybridized carbons (Fsp3) is 0.0556. The minimum atomic E-state index is -0.545. The monoisotopic (exact) mass is 315 g/mol. The molecule has 2 aromatic rings. The van der Waals surface area contributed by atoms with Gasteiger partial charge in [0.1, 0.15) is 17.3 Å². The van der Waals surface area contributed by atoms with Crippen LogP contribution in [0.1, 0.15) is 12.5 Å². The molecule has 1 heterocycles. The van der Waals surface area contributed by atoms with E-state index < -0.39 is 11.6 Å². The Labute approximate surface area is 130 Å². The van der Waals surface area contributed by atoms with E-state index in [-0.39, 0.29) is 19.8 Å². The highest BCUT2D eigenvalue weighted by molar-refractivity contribution is 7.55. The molecule has 0 bridgehead atoms. The maximum atomic E-state index is 14.3. The molecule has 1 atom stereocenters. The number of allylic oxidation sites excluding steroid dienone is 3. The van der Waals surface area contributed by atoms with E-state index in [2.05, 4.69) is 18.1 Å². The Balaban J connectivity index is 2.29. The van der Waals surface area contributed by atoms with E-state index >= 15 is 0 Å². The SMILES string of the molecule is C=C(/C=C\C)PC(=C)c1ccc(-c2ncccc2F)c(F)c1. The van der Waals surface area contributed by atoms with Crippen LogP contribution in [0.15, 0.2) is 67.2 Å². The van der Waals surface area contributed by atoms with Gasteiger partial charge >= 0.3 is 0 Å². The molecule has 0 saturated carbocycles. The van der Waals surface area contributed by atoms with Gasteiger partial charge in [0.15, 0.2) is 0 Å². The topological polar surface area (TPSA) is 12.9 Å². The van der Waals surface area contributed by atoms with E-state index in [4.69, 9.17) is 0 Å². The third-order valence-electron chi connectivity index (χ3n) is 3.01. The summed E-state index contributed by atoms with van der Waals surface area (Å²) in [7, 11) is 0.289. The molecule has 0 aliphatic carbocycles. The molecule has 0 amide bonds. The second-order valence-corrected chi connectivity index (χ2v) is 6.15. The molecule has 112 valence electrons. The molecule has 0 spiro atoms. The molecule has 2 rings (SSSR count). The van der Waals surface area contributed by atoms with Gasteiger partial charge in [0.25, 0.3) is 0 Å². The van der Waals surface area contributed by atoms with Gasteiger partial charge in [-0.3, -0.25) is 4.98 Å². The van der Waals surface area contributed by atoms with E-state index in [1.54, 1.807) is 6.07 Å². The van der Waals surface area contributed by atoms with Crippen molar-refractivity contribution in [2.45, 2.75) is 6.92 Å². The lowest BCUT2D eigenvalue weighted by molar-refractivity contribution is 0.611. The summed E-state index contributed by atoms with van der Waals surface area (Å²) in [6.07, 6.45) is 5.24. The van der Waals surface area contributed by atoms with Gasteiger partial charge in [-0.15, -0.1) is 0 Å². The highest BCUT2D eigenvalue weighted by Gasteiger charge is 2.12. The fourth-order valence-corrected chi connectivity index (χ4v) is 2.93. The van der Waals surface area contributed by atoms with Crippen LogP contribution in [0.3, 0.4) is 0 Å². The van der Waals surface area contributed by atoms with E-state index in [0.717, 1.165) is 10.6 Å². The van der Waals surface area contributed by atoms with Gasteiger partial charge in [-0.05, 0) is 47.4 Å². The van der Waals surface area contributed by atoms with Crippen LogP contribution in [0.4, 0.5) is 8.78 Å². The zero-order valence-electron chi connectivity index (χ0n) is 12.2. The van der Waals surface area contributed by atoms with Gasteiger partial charge in [0.05, 0.1) is 0 Å². The van der Waals surface area contributed by atoms with Crippen molar-refractivity contribution in [1.82, 2.24) is 4.98 Å². The van der Waals surface area contributed by atoms with Gasteiger partial charge in [-0.2, -0.15) is 0 Å². The first kappa shape index (κ1) is 16.3. The standard InChI is InChI=1S/C18H16F2NP/c1-4-6-12(2)22-13(3)14-8-9-15(17(20)11-14)18-16(19)7-5-10-21-18/h4-11,22H,2-3H2,1H3/b6-4-. The normalized spacial score (nSPS) is 11.4. The van der Waals surface area contributed by atoms with E-state index in [1.165, 1.54) is 30.5 Å². The maximum absolute atomic E-state index is 14.3. The van der Waals surface area contributed by atoms with Crippen molar-refractivity contribution in [3.05, 3.63) is 84.4 Å². The quantitative estimate of drug-likeness (QED) is 0.504. The van der Waals surface area contributed by atoms with Crippen molar-refractivity contribution < 1.29 is 8.78 Å². The first-order valence-corrected chi connectivity index (χ1v) is 7.71. The molecule has 22 heavy (non-hydrogen) atoms. The Bertz CT molecular complexity index is 751. The van der Waals surface area contributed by atoms with Gasteiger partial charge in [-0.1, -0.05) is 40.0 Å². The van der Waals surface area contributed by atoms with Gasteiger partial charge in [0.2, 0.25) is 0 Å². The highest BCUT2D eigenvalue weighted by Crippen LogP contribution is 2.39. The predicted molar refractivity (Wildman–Crippen MR) is 90.9 cm³/mol. The molecule has 0 aliphatic rings. The second-order valence-electron chi connectivity index (χ2n) is 4.66. The molecular weight excluding hydrogens is 299 g/mol. The molecule has 1 nitrogen and oxygen atoms in total. The number of aromatic nitrogens is 1. The lowest BCUT2D eigenvalue weighted by Crippen LogP contribution is -1.93. The average Bonchev–Trinajstić information content (AvgIpc) is 2.48. The van der Waals surface area contributed by atoms with Gasteiger partial charge in [-0.25, -0.2) is 8.78 Å². The second kappa shape index (κ2) is 7.24. The predicted octanol–water partition coefficient (Wildman–Crippen LogP) is 5.77. The van der Waals surface area contributed by atoms with Gasteiger partial charge in [0, 0.05) is 11.8 Å². The molecule has 1 aromatic carbocycles. The van der Waals surface area contributed by atoms with Crippen LogP contribution in [-0.2, 0) is 0 Å². The summed E-state index contributed by atoms with van der Waals surface area (Å²) < 4.78 is 28.0. The summed E-state index contributed by atoms with van der Waals surface area (Å²) in [5.74, 6) is -1.06. The highest BCUT2D eigenvalue weighted by atomic mass is 31.1. The van der Waals surface area contributed by atoms with Crippen LogP contribution in [0, 0.1) is 11.6 Å². The van der Waals surface area contributed by atoms with E-state index in [1.807, 2.05) is 19.1 Å². The van der Waals surface area contributed by atoms with Crippen molar-refractivity contribution in [3.63, 3.8) is 0 Å². The molecule has 0 N–H and O–H groups in total.